The summed E-state index contributed by atoms with van der Waals surface area (Å²) in [4.78, 5) is 12.3. The van der Waals surface area contributed by atoms with Gasteiger partial charge in [0.25, 0.3) is 0 Å². The molecule has 4 heteroatoms. The molecular formula is C21H29N3O. The summed E-state index contributed by atoms with van der Waals surface area (Å²) in [6, 6.07) is 8.79. The standard InChI is InChI=1S/C21H29N3O/c1-15(2)4-12-20-22-23-21(24(20)18-9-10-18)13-11-19(25)14-17-7-5-16(3)6-8-17/h5-8,15,18H,4,9-14H2,1-3H3. The largest absolute Gasteiger partial charge is 0.312 e. The van der Waals surface area contributed by atoms with Crippen LogP contribution in [0.1, 0.15) is 68.3 Å². The van der Waals surface area contributed by atoms with E-state index in [0.29, 0.717) is 31.2 Å². The number of Topliss-reactive ketones (excluding diaryl/α,β-unsaturated/α-hetero) is 1. The van der Waals surface area contributed by atoms with Crippen LogP contribution in [-0.2, 0) is 24.1 Å². The van der Waals surface area contributed by atoms with Crippen molar-refractivity contribution in [3.63, 3.8) is 0 Å². The second kappa shape index (κ2) is 7.94. The summed E-state index contributed by atoms with van der Waals surface area (Å²) < 4.78 is 2.32. The fourth-order valence-corrected chi connectivity index (χ4v) is 3.15. The monoisotopic (exact) mass is 339 g/mol. The van der Waals surface area contributed by atoms with E-state index >= 15 is 0 Å². The van der Waals surface area contributed by atoms with Crippen LogP contribution >= 0.6 is 0 Å². The third kappa shape index (κ3) is 5.00. The van der Waals surface area contributed by atoms with E-state index in [1.807, 2.05) is 12.1 Å². The van der Waals surface area contributed by atoms with Crippen molar-refractivity contribution in [1.29, 1.82) is 0 Å². The normalized spacial score (nSPS) is 14.2. The number of aromatic nitrogens is 3. The number of hydrogen-bond donors (Lipinski definition) is 0. The van der Waals surface area contributed by atoms with Gasteiger partial charge in [0.15, 0.2) is 0 Å². The molecular weight excluding hydrogens is 310 g/mol. The Balaban J connectivity index is 1.58. The number of benzene rings is 1. The van der Waals surface area contributed by atoms with Gasteiger partial charge in [-0.2, -0.15) is 0 Å². The van der Waals surface area contributed by atoms with Gasteiger partial charge in [0.1, 0.15) is 17.4 Å². The Morgan fingerprint density at radius 1 is 1.12 bits per heavy atom. The average Bonchev–Trinajstić information content (AvgIpc) is 3.33. The zero-order chi connectivity index (χ0) is 17.8. The number of nitrogens with zero attached hydrogens (tertiary/aromatic N) is 3. The maximum absolute atomic E-state index is 12.3. The van der Waals surface area contributed by atoms with Gasteiger partial charge in [-0.3, -0.25) is 4.79 Å². The summed E-state index contributed by atoms with van der Waals surface area (Å²) in [7, 11) is 0. The predicted octanol–water partition coefficient (Wildman–Crippen LogP) is 4.25. The SMILES string of the molecule is Cc1ccc(CC(=O)CCc2nnc(CCC(C)C)n2C2CC2)cc1. The maximum Gasteiger partial charge on any atom is 0.137 e. The highest BCUT2D eigenvalue weighted by Crippen LogP contribution is 2.37. The van der Waals surface area contributed by atoms with Crippen LogP contribution in [0.3, 0.4) is 0 Å². The van der Waals surface area contributed by atoms with Crippen molar-refractivity contribution >= 4 is 5.78 Å². The van der Waals surface area contributed by atoms with Crippen LogP contribution < -0.4 is 0 Å². The molecule has 1 aromatic carbocycles. The minimum absolute atomic E-state index is 0.276. The molecule has 134 valence electrons. The van der Waals surface area contributed by atoms with E-state index in [9.17, 15) is 4.79 Å². The predicted molar refractivity (Wildman–Crippen MR) is 99.7 cm³/mol. The van der Waals surface area contributed by atoms with Crippen LogP contribution in [0.5, 0.6) is 0 Å². The smallest absolute Gasteiger partial charge is 0.137 e. The molecule has 3 rings (SSSR count). The summed E-state index contributed by atoms with van der Waals surface area (Å²) in [5.41, 5.74) is 2.32. The molecule has 1 aliphatic rings. The Morgan fingerprint density at radius 3 is 2.36 bits per heavy atom. The molecule has 0 atom stereocenters. The van der Waals surface area contributed by atoms with Crippen LogP contribution in [0, 0.1) is 12.8 Å². The first-order valence-corrected chi connectivity index (χ1v) is 9.53. The second-order valence-electron chi connectivity index (χ2n) is 7.77. The average molecular weight is 339 g/mol. The molecule has 1 heterocycles. The van der Waals surface area contributed by atoms with Crippen LogP contribution in [0.15, 0.2) is 24.3 Å². The number of hydrogen-bond acceptors (Lipinski definition) is 3. The molecule has 0 radical (unpaired) electrons. The molecule has 0 bridgehead atoms. The third-order valence-electron chi connectivity index (χ3n) is 4.84. The summed E-state index contributed by atoms with van der Waals surface area (Å²) in [5.74, 6) is 3.05. The lowest BCUT2D eigenvalue weighted by molar-refractivity contribution is -0.118. The molecule has 1 saturated carbocycles. The Kier molecular flexibility index (Phi) is 5.67. The van der Waals surface area contributed by atoms with Crippen LogP contribution in [0.4, 0.5) is 0 Å². The van der Waals surface area contributed by atoms with Crippen molar-refractivity contribution in [3.8, 4) is 0 Å². The first-order valence-electron chi connectivity index (χ1n) is 9.53. The maximum atomic E-state index is 12.3. The second-order valence-corrected chi connectivity index (χ2v) is 7.77. The first-order chi connectivity index (χ1) is 12.0. The molecule has 0 saturated heterocycles. The van der Waals surface area contributed by atoms with Crippen molar-refractivity contribution in [3.05, 3.63) is 47.0 Å². The minimum atomic E-state index is 0.276. The van der Waals surface area contributed by atoms with Crippen molar-refractivity contribution in [1.82, 2.24) is 14.8 Å². The number of carbonyl (C=O) groups is 1. The molecule has 0 unspecified atom stereocenters. The molecule has 1 fully saturated rings. The van der Waals surface area contributed by atoms with Gasteiger partial charge >= 0.3 is 0 Å². The molecule has 1 aromatic heterocycles. The van der Waals surface area contributed by atoms with Crippen molar-refractivity contribution in [2.45, 2.75) is 71.8 Å². The van der Waals surface area contributed by atoms with Gasteiger partial charge in [0.2, 0.25) is 0 Å². The molecule has 25 heavy (non-hydrogen) atoms. The quantitative estimate of drug-likeness (QED) is 0.686. The lowest BCUT2D eigenvalue weighted by atomic mass is 10.0. The lowest BCUT2D eigenvalue weighted by Crippen LogP contribution is -2.10. The van der Waals surface area contributed by atoms with Gasteiger partial charge in [-0.05, 0) is 37.7 Å². The molecule has 1 aliphatic carbocycles. The molecule has 0 spiro atoms. The van der Waals surface area contributed by atoms with E-state index in [2.05, 4.69) is 47.7 Å². The Bertz CT molecular complexity index is 711. The van der Waals surface area contributed by atoms with E-state index < -0.39 is 0 Å². The summed E-state index contributed by atoms with van der Waals surface area (Å²) in [6.45, 7) is 6.54. The van der Waals surface area contributed by atoms with Gasteiger partial charge in [-0.25, -0.2) is 0 Å². The van der Waals surface area contributed by atoms with Gasteiger partial charge in [0, 0.05) is 31.7 Å². The topological polar surface area (TPSA) is 47.8 Å². The number of ketones is 1. The van der Waals surface area contributed by atoms with E-state index in [1.54, 1.807) is 0 Å². The molecule has 0 N–H and O–H groups in total. The van der Waals surface area contributed by atoms with Gasteiger partial charge in [0.05, 0.1) is 0 Å². The highest BCUT2D eigenvalue weighted by molar-refractivity contribution is 5.81. The number of carbonyl (C=O) groups excluding carboxylic acids is 1. The number of rotatable bonds is 9. The highest BCUT2D eigenvalue weighted by Gasteiger charge is 2.29. The fourth-order valence-electron chi connectivity index (χ4n) is 3.15. The fraction of sp³-hybridized carbons (Fsp3) is 0.571. The molecule has 0 amide bonds. The number of aryl methyl sites for hydroxylation is 3. The van der Waals surface area contributed by atoms with E-state index in [-0.39, 0.29) is 5.78 Å². The van der Waals surface area contributed by atoms with Gasteiger partial charge in [-0.1, -0.05) is 43.7 Å². The van der Waals surface area contributed by atoms with Crippen LogP contribution in [-0.4, -0.2) is 20.5 Å². The third-order valence-corrected chi connectivity index (χ3v) is 4.84. The van der Waals surface area contributed by atoms with E-state index in [1.165, 1.54) is 18.4 Å². The molecule has 0 aliphatic heterocycles. The molecule has 4 nitrogen and oxygen atoms in total. The van der Waals surface area contributed by atoms with E-state index in [4.69, 9.17) is 0 Å². The van der Waals surface area contributed by atoms with Crippen molar-refractivity contribution < 1.29 is 4.79 Å². The zero-order valence-corrected chi connectivity index (χ0v) is 15.7. The van der Waals surface area contributed by atoms with Crippen LogP contribution in [0.25, 0.3) is 0 Å². The summed E-state index contributed by atoms with van der Waals surface area (Å²) in [6.07, 6.45) is 6.32. The lowest BCUT2D eigenvalue weighted by Gasteiger charge is -2.10. The summed E-state index contributed by atoms with van der Waals surface area (Å²) in [5, 5.41) is 8.83. The molecule has 2 aromatic rings. The Hall–Kier alpha value is -1.97. The Morgan fingerprint density at radius 2 is 1.76 bits per heavy atom. The Labute approximate surface area is 150 Å². The minimum Gasteiger partial charge on any atom is -0.312 e. The van der Waals surface area contributed by atoms with Crippen LogP contribution in [0.2, 0.25) is 0 Å². The summed E-state index contributed by atoms with van der Waals surface area (Å²) >= 11 is 0. The van der Waals surface area contributed by atoms with Crippen molar-refractivity contribution in [2.75, 3.05) is 0 Å². The van der Waals surface area contributed by atoms with Gasteiger partial charge in [-0.15, -0.1) is 10.2 Å². The zero-order valence-electron chi connectivity index (χ0n) is 15.7. The van der Waals surface area contributed by atoms with Crippen molar-refractivity contribution in [2.24, 2.45) is 5.92 Å². The van der Waals surface area contributed by atoms with E-state index in [0.717, 1.165) is 30.1 Å². The van der Waals surface area contributed by atoms with Gasteiger partial charge < -0.3 is 4.57 Å². The highest BCUT2D eigenvalue weighted by atomic mass is 16.1. The first kappa shape index (κ1) is 17.8.